The molecule has 1 unspecified atom stereocenters. The van der Waals surface area contributed by atoms with Crippen molar-refractivity contribution in [1.29, 1.82) is 0 Å². The van der Waals surface area contributed by atoms with Crippen molar-refractivity contribution >= 4 is 10.0 Å². The van der Waals surface area contributed by atoms with Crippen LogP contribution in [0.3, 0.4) is 0 Å². The average molecular weight is 403 g/mol. The summed E-state index contributed by atoms with van der Waals surface area (Å²) in [6.07, 6.45) is -2.46. The predicted octanol–water partition coefficient (Wildman–Crippen LogP) is 3.67. The van der Waals surface area contributed by atoms with Crippen LogP contribution in [0.1, 0.15) is 43.6 Å². The number of hydrogen-bond donors (Lipinski definition) is 0. The summed E-state index contributed by atoms with van der Waals surface area (Å²) in [5, 5.41) is 7.90. The van der Waals surface area contributed by atoms with E-state index in [2.05, 4.69) is 10.2 Å². The van der Waals surface area contributed by atoms with E-state index in [-0.39, 0.29) is 24.1 Å². The van der Waals surface area contributed by atoms with Crippen molar-refractivity contribution in [3.05, 3.63) is 35.7 Å². The summed E-state index contributed by atoms with van der Waals surface area (Å²) < 4.78 is 69.6. The van der Waals surface area contributed by atoms with Gasteiger partial charge in [-0.25, -0.2) is 12.7 Å². The summed E-state index contributed by atoms with van der Waals surface area (Å²) in [6, 6.07) is 4.47. The Morgan fingerprint density at radius 3 is 2.56 bits per heavy atom. The van der Waals surface area contributed by atoms with Gasteiger partial charge in [-0.15, -0.1) is 10.2 Å². The lowest BCUT2D eigenvalue weighted by atomic mass is 10.00. The van der Waals surface area contributed by atoms with E-state index in [1.54, 1.807) is 0 Å². The number of sulfonamides is 1. The van der Waals surface area contributed by atoms with Crippen molar-refractivity contribution in [1.82, 2.24) is 14.5 Å². The van der Waals surface area contributed by atoms with Crippen LogP contribution in [0.25, 0.3) is 11.5 Å². The molecule has 6 nitrogen and oxygen atoms in total. The topological polar surface area (TPSA) is 76.3 Å². The van der Waals surface area contributed by atoms with Crippen LogP contribution in [0.4, 0.5) is 13.2 Å². The summed E-state index contributed by atoms with van der Waals surface area (Å²) in [5.74, 6) is 0.301. The zero-order chi connectivity index (χ0) is 19.7. The van der Waals surface area contributed by atoms with Gasteiger partial charge in [0.05, 0.1) is 17.2 Å². The highest BCUT2D eigenvalue weighted by Gasteiger charge is 2.32. The first kappa shape index (κ1) is 19.8. The lowest BCUT2D eigenvalue weighted by molar-refractivity contribution is -0.137. The molecular weight excluding hydrogens is 383 g/mol. The normalized spacial score (nSPS) is 19.3. The predicted molar refractivity (Wildman–Crippen MR) is 92.4 cm³/mol. The maximum atomic E-state index is 12.7. The summed E-state index contributed by atoms with van der Waals surface area (Å²) in [7, 11) is -3.30. The number of halogens is 3. The number of piperidine rings is 1. The van der Waals surface area contributed by atoms with Gasteiger partial charge >= 0.3 is 6.18 Å². The first-order valence-electron chi connectivity index (χ1n) is 8.69. The average Bonchev–Trinajstić information content (AvgIpc) is 3.11. The van der Waals surface area contributed by atoms with Crippen LogP contribution in [0.5, 0.6) is 0 Å². The third kappa shape index (κ3) is 4.49. The number of alkyl halides is 3. The molecule has 1 aliphatic rings. The Hall–Kier alpha value is -1.94. The standard InChI is InChI=1S/C17H20F3N3O3S/c1-2-10-27(24,25)23-9-3-4-13(11-23)16-22-21-15(26-16)12-5-7-14(8-6-12)17(18,19)20/h5-8,13H,2-4,9-11H2,1H3. The largest absolute Gasteiger partial charge is 0.420 e. The molecule has 0 N–H and O–H groups in total. The molecule has 1 fully saturated rings. The van der Waals surface area contributed by atoms with Crippen LogP contribution in [-0.2, 0) is 16.2 Å². The van der Waals surface area contributed by atoms with Gasteiger partial charge in [0.15, 0.2) is 0 Å². The minimum Gasteiger partial charge on any atom is -0.420 e. The Bertz CT molecular complexity index is 879. The van der Waals surface area contributed by atoms with E-state index in [0.29, 0.717) is 37.3 Å². The Morgan fingerprint density at radius 2 is 1.93 bits per heavy atom. The van der Waals surface area contributed by atoms with Gasteiger partial charge in [0.2, 0.25) is 21.8 Å². The highest BCUT2D eigenvalue weighted by atomic mass is 32.2. The molecule has 1 atom stereocenters. The number of nitrogens with zero attached hydrogens (tertiary/aromatic N) is 3. The summed E-state index contributed by atoms with van der Waals surface area (Å²) in [4.78, 5) is 0. The van der Waals surface area contributed by atoms with E-state index in [1.807, 2.05) is 6.92 Å². The lowest BCUT2D eigenvalue weighted by Crippen LogP contribution is -2.40. The molecule has 3 rings (SSSR count). The van der Waals surface area contributed by atoms with Gasteiger partial charge in [0.1, 0.15) is 0 Å². The number of aromatic nitrogens is 2. The Labute approximate surface area is 155 Å². The van der Waals surface area contributed by atoms with Crippen LogP contribution in [0.2, 0.25) is 0 Å². The highest BCUT2D eigenvalue weighted by Crippen LogP contribution is 2.32. The van der Waals surface area contributed by atoms with Gasteiger partial charge in [-0.3, -0.25) is 0 Å². The van der Waals surface area contributed by atoms with Crippen LogP contribution >= 0.6 is 0 Å². The van der Waals surface area contributed by atoms with Crippen LogP contribution in [-0.4, -0.2) is 41.8 Å². The molecule has 2 aromatic rings. The maximum absolute atomic E-state index is 12.7. The molecule has 2 heterocycles. The second kappa shape index (κ2) is 7.59. The van der Waals surface area contributed by atoms with Crippen LogP contribution < -0.4 is 0 Å². The number of hydrogen-bond acceptors (Lipinski definition) is 5. The Balaban J connectivity index is 1.75. The molecule has 0 aliphatic carbocycles. The van der Waals surface area contributed by atoms with Crippen molar-refractivity contribution in [3.63, 3.8) is 0 Å². The summed E-state index contributed by atoms with van der Waals surface area (Å²) in [6.45, 7) is 2.56. The number of rotatable bonds is 5. The fraction of sp³-hybridized carbons (Fsp3) is 0.529. The fourth-order valence-corrected chi connectivity index (χ4v) is 4.69. The second-order valence-electron chi connectivity index (χ2n) is 6.53. The van der Waals surface area contributed by atoms with Gasteiger partial charge in [-0.2, -0.15) is 13.2 Å². The molecule has 1 saturated heterocycles. The molecule has 0 bridgehead atoms. The summed E-state index contributed by atoms with van der Waals surface area (Å²) in [5.41, 5.74) is -0.372. The fourth-order valence-electron chi connectivity index (χ4n) is 3.10. The molecule has 148 valence electrons. The zero-order valence-electron chi connectivity index (χ0n) is 14.7. The third-order valence-corrected chi connectivity index (χ3v) is 6.53. The third-order valence-electron chi connectivity index (χ3n) is 4.49. The SMILES string of the molecule is CCCS(=O)(=O)N1CCCC(c2nnc(-c3ccc(C(F)(F)F)cc3)o2)C1. The van der Waals surface area contributed by atoms with Crippen LogP contribution in [0.15, 0.2) is 28.7 Å². The van der Waals surface area contributed by atoms with Crippen LogP contribution in [0, 0.1) is 0 Å². The lowest BCUT2D eigenvalue weighted by Gasteiger charge is -2.30. The van der Waals surface area contributed by atoms with Crippen molar-refractivity contribution in [2.45, 2.75) is 38.3 Å². The van der Waals surface area contributed by atoms with Crippen molar-refractivity contribution in [3.8, 4) is 11.5 Å². The van der Waals surface area contributed by atoms with Crippen molar-refractivity contribution < 1.29 is 26.0 Å². The minimum absolute atomic E-state index is 0.0976. The Morgan fingerprint density at radius 1 is 1.22 bits per heavy atom. The molecular formula is C17H20F3N3O3S. The quantitative estimate of drug-likeness (QED) is 0.761. The van der Waals surface area contributed by atoms with Gasteiger partial charge in [-0.1, -0.05) is 6.92 Å². The Kier molecular flexibility index (Phi) is 5.57. The van der Waals surface area contributed by atoms with Crippen molar-refractivity contribution in [2.75, 3.05) is 18.8 Å². The number of benzene rings is 1. The van der Waals surface area contributed by atoms with Gasteiger partial charge in [0, 0.05) is 18.7 Å². The smallest absolute Gasteiger partial charge is 0.416 e. The molecule has 0 spiro atoms. The molecule has 1 aliphatic heterocycles. The monoisotopic (exact) mass is 403 g/mol. The van der Waals surface area contributed by atoms with E-state index in [4.69, 9.17) is 4.42 Å². The zero-order valence-corrected chi connectivity index (χ0v) is 15.6. The van der Waals surface area contributed by atoms with E-state index in [0.717, 1.165) is 12.1 Å². The molecule has 1 aromatic carbocycles. The highest BCUT2D eigenvalue weighted by molar-refractivity contribution is 7.89. The van der Waals surface area contributed by atoms with E-state index in [1.165, 1.54) is 16.4 Å². The van der Waals surface area contributed by atoms with Crippen molar-refractivity contribution in [2.24, 2.45) is 0 Å². The van der Waals surface area contributed by atoms with E-state index < -0.39 is 21.8 Å². The van der Waals surface area contributed by atoms with Gasteiger partial charge in [0.25, 0.3) is 0 Å². The summed E-state index contributed by atoms with van der Waals surface area (Å²) >= 11 is 0. The molecule has 1 aromatic heterocycles. The van der Waals surface area contributed by atoms with Gasteiger partial charge in [-0.05, 0) is 43.5 Å². The molecule has 0 saturated carbocycles. The van der Waals surface area contributed by atoms with Gasteiger partial charge < -0.3 is 4.42 Å². The second-order valence-corrected chi connectivity index (χ2v) is 8.62. The maximum Gasteiger partial charge on any atom is 0.416 e. The molecule has 0 amide bonds. The minimum atomic E-state index is -4.41. The molecule has 10 heteroatoms. The molecule has 27 heavy (non-hydrogen) atoms. The van der Waals surface area contributed by atoms with E-state index >= 15 is 0 Å². The van der Waals surface area contributed by atoms with E-state index in [9.17, 15) is 21.6 Å². The first-order chi connectivity index (χ1) is 12.7. The molecule has 0 radical (unpaired) electrons. The first-order valence-corrected chi connectivity index (χ1v) is 10.3.